The van der Waals surface area contributed by atoms with E-state index in [1.807, 2.05) is 37.7 Å². The average Bonchev–Trinajstić information content (AvgIpc) is 2.90. The van der Waals surface area contributed by atoms with Crippen LogP contribution in [-0.4, -0.2) is 27.9 Å². The predicted octanol–water partition coefficient (Wildman–Crippen LogP) is 2.83. The van der Waals surface area contributed by atoms with Crippen molar-refractivity contribution in [3.05, 3.63) is 35.5 Å². The summed E-state index contributed by atoms with van der Waals surface area (Å²) in [6.07, 6.45) is 2.15. The third-order valence-corrected chi connectivity index (χ3v) is 4.06. The molecule has 1 aliphatic rings. The molecule has 0 bridgehead atoms. The lowest BCUT2D eigenvalue weighted by Crippen LogP contribution is -2.30. The fourth-order valence-electron chi connectivity index (χ4n) is 2.94. The number of benzene rings is 1. The van der Waals surface area contributed by atoms with E-state index in [2.05, 4.69) is 10.4 Å². The van der Waals surface area contributed by atoms with Crippen LogP contribution in [0.2, 0.25) is 0 Å². The van der Waals surface area contributed by atoms with E-state index in [-0.39, 0.29) is 23.1 Å². The number of phenolic OH excluding ortho intramolecular Hbond substituents is 1. The molecule has 0 radical (unpaired) electrons. The summed E-state index contributed by atoms with van der Waals surface area (Å²) >= 11 is 0. The van der Waals surface area contributed by atoms with Gasteiger partial charge in [-0.3, -0.25) is 4.79 Å². The molecule has 2 N–H and O–H groups in total. The summed E-state index contributed by atoms with van der Waals surface area (Å²) in [6.45, 7) is 6.12. The first-order valence-corrected chi connectivity index (χ1v) is 7.56. The maximum Gasteiger partial charge on any atom is 0.226 e. The Kier molecular flexibility index (Phi) is 3.55. The SMILES string of the molecule is COc1cc([C@@H]2CC(=O)Nc3c2cnn3C(C)(C)C)ccc1O. The summed E-state index contributed by atoms with van der Waals surface area (Å²) in [5.41, 5.74) is 1.67. The average molecular weight is 315 g/mol. The molecule has 0 saturated carbocycles. The lowest BCUT2D eigenvalue weighted by molar-refractivity contribution is -0.116. The highest BCUT2D eigenvalue weighted by Crippen LogP contribution is 2.40. The van der Waals surface area contributed by atoms with Crippen LogP contribution in [0.25, 0.3) is 0 Å². The van der Waals surface area contributed by atoms with Gasteiger partial charge in [0.25, 0.3) is 0 Å². The summed E-state index contributed by atoms with van der Waals surface area (Å²) in [6, 6.07) is 5.19. The van der Waals surface area contributed by atoms with Crippen molar-refractivity contribution in [1.82, 2.24) is 9.78 Å². The number of carbonyl (C=O) groups is 1. The van der Waals surface area contributed by atoms with Crippen LogP contribution in [0.5, 0.6) is 11.5 Å². The number of hydrogen-bond acceptors (Lipinski definition) is 4. The Morgan fingerprint density at radius 3 is 2.78 bits per heavy atom. The number of phenols is 1. The van der Waals surface area contributed by atoms with Gasteiger partial charge in [0.1, 0.15) is 5.82 Å². The Morgan fingerprint density at radius 1 is 1.39 bits per heavy atom. The molecular formula is C17H21N3O3. The molecule has 0 saturated heterocycles. The van der Waals surface area contributed by atoms with Crippen molar-refractivity contribution >= 4 is 11.7 Å². The molecule has 2 heterocycles. The van der Waals surface area contributed by atoms with E-state index < -0.39 is 0 Å². The molecule has 1 aromatic heterocycles. The highest BCUT2D eigenvalue weighted by molar-refractivity contribution is 5.94. The number of amides is 1. The van der Waals surface area contributed by atoms with Crippen LogP contribution in [0.15, 0.2) is 24.4 Å². The Hall–Kier alpha value is -2.50. The van der Waals surface area contributed by atoms with Crippen LogP contribution in [0, 0.1) is 0 Å². The first-order valence-electron chi connectivity index (χ1n) is 7.56. The van der Waals surface area contributed by atoms with Gasteiger partial charge in [-0.15, -0.1) is 0 Å². The molecule has 122 valence electrons. The van der Waals surface area contributed by atoms with Crippen molar-refractivity contribution in [2.45, 2.75) is 38.6 Å². The predicted molar refractivity (Wildman–Crippen MR) is 87.0 cm³/mol. The van der Waals surface area contributed by atoms with Gasteiger partial charge in [-0.05, 0) is 38.5 Å². The summed E-state index contributed by atoms with van der Waals surface area (Å²) in [4.78, 5) is 12.2. The zero-order valence-electron chi connectivity index (χ0n) is 13.8. The Labute approximate surface area is 135 Å². The van der Waals surface area contributed by atoms with Gasteiger partial charge >= 0.3 is 0 Å². The number of aromatic nitrogens is 2. The molecule has 1 aliphatic heterocycles. The number of ether oxygens (including phenoxy) is 1. The summed E-state index contributed by atoms with van der Waals surface area (Å²) in [5, 5.41) is 17.2. The molecule has 3 rings (SSSR count). The molecule has 0 unspecified atom stereocenters. The fourth-order valence-corrected chi connectivity index (χ4v) is 2.94. The minimum Gasteiger partial charge on any atom is -0.504 e. The number of hydrogen-bond donors (Lipinski definition) is 2. The fraction of sp³-hybridized carbons (Fsp3) is 0.412. The number of rotatable bonds is 2. The molecule has 0 aliphatic carbocycles. The molecule has 1 amide bonds. The van der Waals surface area contributed by atoms with E-state index in [1.54, 1.807) is 12.1 Å². The minimum atomic E-state index is -0.227. The number of nitrogens with one attached hydrogen (secondary N) is 1. The molecule has 2 aromatic rings. The molecular weight excluding hydrogens is 294 g/mol. The van der Waals surface area contributed by atoms with Gasteiger partial charge in [-0.2, -0.15) is 5.10 Å². The van der Waals surface area contributed by atoms with Crippen molar-refractivity contribution in [1.29, 1.82) is 0 Å². The molecule has 1 aromatic carbocycles. The van der Waals surface area contributed by atoms with Gasteiger partial charge in [0.2, 0.25) is 5.91 Å². The van der Waals surface area contributed by atoms with Gasteiger partial charge in [-0.1, -0.05) is 6.07 Å². The first-order chi connectivity index (χ1) is 10.8. The Balaban J connectivity index is 2.10. The minimum absolute atomic E-state index is 0.0412. The number of aromatic hydroxyl groups is 1. The smallest absolute Gasteiger partial charge is 0.226 e. The second kappa shape index (κ2) is 5.30. The van der Waals surface area contributed by atoms with Gasteiger partial charge in [0.05, 0.1) is 18.8 Å². The second-order valence-corrected chi connectivity index (χ2v) is 6.77. The standard InChI is InChI=1S/C17H21N3O3/c1-17(2,3)20-16-12(9-18-20)11(8-15(22)19-16)10-5-6-13(21)14(7-10)23-4/h5-7,9,11,21H,8H2,1-4H3,(H,19,22)/t11-/m0/s1. The Bertz CT molecular complexity index is 759. The first kappa shape index (κ1) is 15.4. The number of nitrogens with zero attached hydrogens (tertiary/aromatic N) is 2. The molecule has 23 heavy (non-hydrogen) atoms. The highest BCUT2D eigenvalue weighted by atomic mass is 16.5. The van der Waals surface area contributed by atoms with Gasteiger partial charge < -0.3 is 15.2 Å². The number of fused-ring (bicyclic) bond motifs is 1. The van der Waals surface area contributed by atoms with Crippen LogP contribution in [0.3, 0.4) is 0 Å². The van der Waals surface area contributed by atoms with Crippen molar-refractivity contribution in [3.63, 3.8) is 0 Å². The van der Waals surface area contributed by atoms with Crippen molar-refractivity contribution < 1.29 is 14.6 Å². The van der Waals surface area contributed by atoms with Crippen LogP contribution in [0.4, 0.5) is 5.82 Å². The monoisotopic (exact) mass is 315 g/mol. The van der Waals surface area contributed by atoms with E-state index in [1.165, 1.54) is 7.11 Å². The molecule has 1 atom stereocenters. The van der Waals surface area contributed by atoms with Crippen molar-refractivity contribution in [3.8, 4) is 11.5 Å². The van der Waals surface area contributed by atoms with Crippen molar-refractivity contribution in [2.75, 3.05) is 12.4 Å². The van der Waals surface area contributed by atoms with Gasteiger partial charge in [0, 0.05) is 17.9 Å². The van der Waals surface area contributed by atoms with Crippen LogP contribution in [0.1, 0.15) is 44.2 Å². The van der Waals surface area contributed by atoms with E-state index in [9.17, 15) is 9.90 Å². The van der Waals surface area contributed by atoms with Gasteiger partial charge in [0.15, 0.2) is 11.5 Å². The van der Waals surface area contributed by atoms with E-state index >= 15 is 0 Å². The lowest BCUT2D eigenvalue weighted by atomic mass is 9.87. The number of carbonyl (C=O) groups excluding carboxylic acids is 1. The maximum atomic E-state index is 12.2. The summed E-state index contributed by atoms with van der Waals surface area (Å²) in [5.74, 6) is 1.08. The Morgan fingerprint density at radius 2 is 2.13 bits per heavy atom. The topological polar surface area (TPSA) is 76.4 Å². The number of anilines is 1. The largest absolute Gasteiger partial charge is 0.504 e. The van der Waals surface area contributed by atoms with E-state index in [4.69, 9.17) is 4.74 Å². The summed E-state index contributed by atoms with van der Waals surface area (Å²) < 4.78 is 7.02. The maximum absolute atomic E-state index is 12.2. The lowest BCUT2D eigenvalue weighted by Gasteiger charge is -2.28. The molecule has 0 fully saturated rings. The zero-order chi connectivity index (χ0) is 16.8. The van der Waals surface area contributed by atoms with E-state index in [0.29, 0.717) is 12.2 Å². The highest BCUT2D eigenvalue weighted by Gasteiger charge is 2.32. The van der Waals surface area contributed by atoms with Crippen LogP contribution in [-0.2, 0) is 10.3 Å². The second-order valence-electron chi connectivity index (χ2n) is 6.77. The molecule has 0 spiro atoms. The number of methoxy groups -OCH3 is 1. The van der Waals surface area contributed by atoms with Gasteiger partial charge in [-0.25, -0.2) is 4.68 Å². The quantitative estimate of drug-likeness (QED) is 0.893. The summed E-state index contributed by atoms with van der Waals surface area (Å²) in [7, 11) is 1.51. The van der Waals surface area contributed by atoms with Crippen molar-refractivity contribution in [2.24, 2.45) is 0 Å². The van der Waals surface area contributed by atoms with E-state index in [0.717, 1.165) is 16.9 Å². The molecule has 6 heteroatoms. The molecule has 6 nitrogen and oxygen atoms in total. The third kappa shape index (κ3) is 2.65. The normalized spacial score (nSPS) is 17.6. The van der Waals surface area contributed by atoms with Crippen LogP contribution >= 0.6 is 0 Å². The van der Waals surface area contributed by atoms with Crippen LogP contribution < -0.4 is 10.1 Å². The third-order valence-electron chi connectivity index (χ3n) is 4.06. The zero-order valence-corrected chi connectivity index (χ0v) is 13.8.